The van der Waals surface area contributed by atoms with E-state index >= 15 is 0 Å². The lowest BCUT2D eigenvalue weighted by molar-refractivity contribution is -0.126. The number of hydrogen-bond donors (Lipinski definition) is 1. The van der Waals surface area contributed by atoms with Gasteiger partial charge >= 0.3 is 17.8 Å². The number of fused-ring (bicyclic) bond motifs is 1. The minimum absolute atomic E-state index is 0.0627. The molecule has 42 heavy (non-hydrogen) atoms. The first-order valence-electron chi connectivity index (χ1n) is 15.2. The number of carbonyl (C=O) groups excluding carboxylic acids is 2. The lowest BCUT2D eigenvalue weighted by Gasteiger charge is -2.33. The first-order valence-corrected chi connectivity index (χ1v) is 15.2. The molecule has 5 rings (SSSR count). The maximum absolute atomic E-state index is 12.5. The second kappa shape index (κ2) is 13.3. The van der Waals surface area contributed by atoms with Crippen LogP contribution in [0.15, 0.2) is 60.7 Å². The van der Waals surface area contributed by atoms with Crippen LogP contribution in [0.2, 0.25) is 0 Å². The fourth-order valence-electron chi connectivity index (χ4n) is 5.58. The summed E-state index contributed by atoms with van der Waals surface area (Å²) in [6.07, 6.45) is 6.92. The highest BCUT2D eigenvalue weighted by molar-refractivity contribution is 5.85. The van der Waals surface area contributed by atoms with Crippen molar-refractivity contribution < 1.29 is 19.1 Å². The van der Waals surface area contributed by atoms with Crippen molar-refractivity contribution in [3.8, 4) is 11.8 Å². The van der Waals surface area contributed by atoms with E-state index < -0.39 is 5.60 Å². The van der Waals surface area contributed by atoms with Crippen molar-refractivity contribution in [2.45, 2.75) is 84.0 Å². The van der Waals surface area contributed by atoms with Gasteiger partial charge in [0.15, 0.2) is 0 Å². The van der Waals surface area contributed by atoms with Crippen LogP contribution in [0.3, 0.4) is 0 Å². The van der Waals surface area contributed by atoms with Crippen molar-refractivity contribution >= 4 is 28.5 Å². The van der Waals surface area contributed by atoms with Crippen LogP contribution in [-0.2, 0) is 16.1 Å². The summed E-state index contributed by atoms with van der Waals surface area (Å²) in [4.78, 5) is 31.1. The highest BCUT2D eigenvalue weighted by Gasteiger charge is 2.27. The van der Waals surface area contributed by atoms with Crippen molar-refractivity contribution in [1.82, 2.24) is 10.2 Å². The molecule has 1 saturated carbocycles. The molecule has 2 aliphatic rings. The molecule has 7 heteroatoms. The highest BCUT2D eigenvalue weighted by Crippen LogP contribution is 2.25. The Bertz CT molecular complexity index is 1450. The van der Waals surface area contributed by atoms with E-state index in [0.717, 1.165) is 71.9 Å². The third-order valence-electron chi connectivity index (χ3n) is 7.89. The summed E-state index contributed by atoms with van der Waals surface area (Å²) >= 11 is 0. The molecule has 0 spiro atoms. The summed E-state index contributed by atoms with van der Waals surface area (Å²) in [6, 6.07) is 23.3. The Balaban J connectivity index is 1.14. The highest BCUT2D eigenvalue weighted by atomic mass is 16.6. The number of benzene rings is 3. The molecule has 0 radical (unpaired) electrons. The van der Waals surface area contributed by atoms with Crippen LogP contribution in [0, 0.1) is 12.0 Å². The summed E-state index contributed by atoms with van der Waals surface area (Å²) in [5.74, 6) is 1.14. The molecule has 7 nitrogen and oxygen atoms in total. The third kappa shape index (κ3) is 8.25. The van der Waals surface area contributed by atoms with Crippen molar-refractivity contribution in [3.05, 3.63) is 76.6 Å². The van der Waals surface area contributed by atoms with Gasteiger partial charge in [-0.05, 0) is 85.1 Å². The van der Waals surface area contributed by atoms with Gasteiger partial charge in [-0.15, -0.1) is 0 Å². The number of likely N-dealkylation sites (tertiary alicyclic amines) is 1. The molecule has 1 N–H and O–H groups in total. The van der Waals surface area contributed by atoms with E-state index in [0.29, 0.717) is 19.6 Å². The van der Waals surface area contributed by atoms with Crippen LogP contribution in [0.4, 0.5) is 10.5 Å². The van der Waals surface area contributed by atoms with Crippen LogP contribution in [0.1, 0.15) is 76.8 Å². The molecule has 0 aromatic heterocycles. The Morgan fingerprint density at radius 3 is 2.33 bits per heavy atom. The van der Waals surface area contributed by atoms with Gasteiger partial charge in [-0.3, -0.25) is 4.79 Å². The Kier molecular flexibility index (Phi) is 9.31. The van der Waals surface area contributed by atoms with Crippen molar-refractivity contribution in [2.75, 3.05) is 13.1 Å². The largest absolute Gasteiger partial charge is 0.490 e. The summed E-state index contributed by atoms with van der Waals surface area (Å²) < 4.78 is 11.6. The van der Waals surface area contributed by atoms with Crippen LogP contribution in [-0.4, -0.2) is 41.7 Å². The molecule has 3 aromatic rings. The molecule has 0 unspecified atom stereocenters. The molecular weight excluding hydrogens is 526 g/mol. The van der Waals surface area contributed by atoms with Gasteiger partial charge in [-0.25, -0.2) is 4.79 Å². The summed E-state index contributed by atoms with van der Waals surface area (Å²) in [7, 11) is 0. The number of nitrogens with one attached hydrogen (secondary N) is 1. The Labute approximate surface area is 249 Å². The molecule has 3 aromatic carbocycles. The molecule has 1 aliphatic heterocycles. The third-order valence-corrected chi connectivity index (χ3v) is 7.89. The number of rotatable bonds is 5. The molecule has 1 saturated heterocycles. The maximum Gasteiger partial charge on any atom is 0.410 e. The molecular formula is C35H42N3O4+. The average Bonchev–Trinajstić information content (AvgIpc) is 2.99. The zero-order chi connectivity index (χ0) is 29.5. The monoisotopic (exact) mass is 568 g/mol. The van der Waals surface area contributed by atoms with Crippen molar-refractivity contribution in [2.24, 2.45) is 5.92 Å². The van der Waals surface area contributed by atoms with Gasteiger partial charge in [0.25, 0.3) is 0 Å². The quantitative estimate of drug-likeness (QED) is 0.341. The Hall–Kier alpha value is -4.05. The lowest BCUT2D eigenvalue weighted by atomic mass is 9.88. The van der Waals surface area contributed by atoms with Gasteiger partial charge in [0.1, 0.15) is 23.0 Å². The average molecular weight is 569 g/mol. The zero-order valence-electron chi connectivity index (χ0n) is 25.0. The fourth-order valence-corrected chi connectivity index (χ4v) is 5.58. The number of carbonyl (C=O) groups is 2. The summed E-state index contributed by atoms with van der Waals surface area (Å²) in [5, 5.41) is 5.37. The molecule has 2 amide bonds. The SMILES string of the molecule is CC(C)(C)OC(=O)N1CCC(Oc2ccc([N+]#Cc3ccc4ccc(CNC(=O)C5CCCCC5)cc4c3)cc2)CC1. The number of hydrogen-bond acceptors (Lipinski definition) is 4. The van der Waals surface area contributed by atoms with Gasteiger partial charge in [0.05, 0.1) is 0 Å². The molecule has 220 valence electrons. The first kappa shape index (κ1) is 29.4. The van der Waals surface area contributed by atoms with Crippen molar-refractivity contribution in [3.63, 3.8) is 0 Å². The van der Waals surface area contributed by atoms with E-state index in [9.17, 15) is 9.59 Å². The van der Waals surface area contributed by atoms with Crippen LogP contribution >= 0.6 is 0 Å². The van der Waals surface area contributed by atoms with E-state index in [1.54, 1.807) is 4.90 Å². The van der Waals surface area contributed by atoms with Gasteiger partial charge < -0.3 is 19.7 Å². The van der Waals surface area contributed by atoms with E-state index in [4.69, 9.17) is 9.47 Å². The summed E-state index contributed by atoms with van der Waals surface area (Å²) in [6.45, 7) is 7.44. The van der Waals surface area contributed by atoms with Crippen LogP contribution < -0.4 is 10.1 Å². The van der Waals surface area contributed by atoms with Crippen LogP contribution in [0.5, 0.6) is 5.75 Å². The van der Waals surface area contributed by atoms with Gasteiger partial charge in [-0.1, -0.05) is 37.5 Å². The molecule has 0 bridgehead atoms. The van der Waals surface area contributed by atoms with Gasteiger partial charge in [0, 0.05) is 50.5 Å². The molecule has 0 atom stereocenters. The van der Waals surface area contributed by atoms with Gasteiger partial charge in [-0.2, -0.15) is 0 Å². The molecule has 1 heterocycles. The standard InChI is InChI=1S/C35H41N3O4/c1-35(2,3)42-34(40)38-19-17-32(18-20-38)41-31-15-13-30(14-16-31)36-23-25-9-11-27-12-10-26(22-29(27)21-25)24-37-33(39)28-7-5-4-6-8-28/h9-16,21-22,28,32H,4-8,17-20,24H2,1-3H3/p+1. The van der Waals surface area contributed by atoms with E-state index in [1.165, 1.54) is 6.42 Å². The second-order valence-corrected chi connectivity index (χ2v) is 12.5. The van der Waals surface area contributed by atoms with E-state index in [1.807, 2.05) is 51.1 Å². The van der Waals surface area contributed by atoms with E-state index in [2.05, 4.69) is 46.6 Å². The Morgan fingerprint density at radius 1 is 0.905 bits per heavy atom. The number of amides is 2. The topological polar surface area (TPSA) is 72.2 Å². The maximum atomic E-state index is 12.5. The molecule has 2 fully saturated rings. The second-order valence-electron chi connectivity index (χ2n) is 12.5. The smallest absolute Gasteiger partial charge is 0.410 e. The van der Waals surface area contributed by atoms with E-state index in [-0.39, 0.29) is 24.0 Å². The predicted octanol–water partition coefficient (Wildman–Crippen LogP) is 7.83. The first-order chi connectivity index (χ1) is 20.2. The minimum atomic E-state index is -0.488. The predicted molar refractivity (Wildman–Crippen MR) is 166 cm³/mol. The van der Waals surface area contributed by atoms with Crippen molar-refractivity contribution in [1.29, 1.82) is 0 Å². The summed E-state index contributed by atoms with van der Waals surface area (Å²) in [5.41, 5.74) is 2.29. The minimum Gasteiger partial charge on any atom is -0.490 e. The fraction of sp³-hybridized carbons (Fsp3) is 0.457. The lowest BCUT2D eigenvalue weighted by Crippen LogP contribution is -2.44. The molecule has 1 aliphatic carbocycles. The zero-order valence-corrected chi connectivity index (χ0v) is 25.0. The number of nitrogens with zero attached hydrogens (tertiary/aromatic N) is 2. The van der Waals surface area contributed by atoms with Gasteiger partial charge in [0.2, 0.25) is 5.91 Å². The normalized spacial score (nSPS) is 16.4. The number of ether oxygens (including phenoxy) is 2. The van der Waals surface area contributed by atoms with Crippen LogP contribution in [0.25, 0.3) is 15.6 Å². The Morgan fingerprint density at radius 2 is 1.62 bits per heavy atom. The number of piperidine rings is 1.